The molecule has 0 unspecified atom stereocenters. The zero-order valence-electron chi connectivity index (χ0n) is 12.5. The maximum atomic E-state index is 12.4. The number of hydrogen-bond donors (Lipinski definition) is 2. The second-order valence-corrected chi connectivity index (χ2v) is 4.82. The Kier molecular flexibility index (Phi) is 4.28. The Morgan fingerprint density at radius 3 is 2.75 bits per heavy atom. The third kappa shape index (κ3) is 3.12. The first-order valence-corrected chi connectivity index (χ1v) is 6.96. The van der Waals surface area contributed by atoms with Gasteiger partial charge < -0.3 is 14.8 Å². The highest BCUT2D eigenvalue weighted by Gasteiger charge is 2.16. The molecule has 8 heteroatoms. The number of amides is 1. The van der Waals surface area contributed by atoms with Crippen molar-refractivity contribution in [2.75, 3.05) is 12.4 Å². The molecule has 2 aromatic carbocycles. The van der Waals surface area contributed by atoms with E-state index in [1.165, 1.54) is 25.3 Å². The lowest BCUT2D eigenvalue weighted by Crippen LogP contribution is -2.13. The lowest BCUT2D eigenvalue weighted by molar-refractivity contribution is -0.0511. The number of halogens is 2. The molecule has 0 aliphatic rings. The van der Waals surface area contributed by atoms with Crippen molar-refractivity contribution in [1.82, 2.24) is 10.2 Å². The number of anilines is 1. The normalized spacial score (nSPS) is 10.8. The molecule has 124 valence electrons. The van der Waals surface area contributed by atoms with Crippen molar-refractivity contribution in [3.63, 3.8) is 0 Å². The number of fused-ring (bicyclic) bond motifs is 1. The van der Waals surface area contributed by atoms with Crippen molar-refractivity contribution in [3.05, 3.63) is 48.2 Å². The minimum Gasteiger partial charge on any atom is -0.493 e. The van der Waals surface area contributed by atoms with Crippen LogP contribution in [0.1, 0.15) is 10.5 Å². The van der Waals surface area contributed by atoms with Crippen LogP contribution in [0, 0.1) is 0 Å². The molecule has 1 amide bonds. The van der Waals surface area contributed by atoms with Crippen LogP contribution in [0.4, 0.5) is 14.5 Å². The van der Waals surface area contributed by atoms with Crippen molar-refractivity contribution in [2.24, 2.45) is 0 Å². The number of nitrogens with zero attached hydrogens (tertiary/aromatic N) is 1. The van der Waals surface area contributed by atoms with Gasteiger partial charge in [-0.1, -0.05) is 18.2 Å². The zero-order chi connectivity index (χ0) is 17.1. The summed E-state index contributed by atoms with van der Waals surface area (Å²) in [5.74, 6) is -0.503. The van der Waals surface area contributed by atoms with Crippen LogP contribution >= 0.6 is 0 Å². The SMILES string of the molecule is COc1ccc(NC(=O)c2n[nH]c3ccccc23)cc1OC(F)F. The number of hydrogen-bond acceptors (Lipinski definition) is 4. The van der Waals surface area contributed by atoms with Gasteiger partial charge in [-0.15, -0.1) is 0 Å². The van der Waals surface area contributed by atoms with Crippen molar-refractivity contribution in [3.8, 4) is 11.5 Å². The summed E-state index contributed by atoms with van der Waals surface area (Å²) in [6.07, 6.45) is 0. The van der Waals surface area contributed by atoms with Gasteiger partial charge in [-0.05, 0) is 18.2 Å². The molecular formula is C16H13F2N3O3. The van der Waals surface area contributed by atoms with Gasteiger partial charge in [-0.3, -0.25) is 9.89 Å². The number of ether oxygens (including phenoxy) is 2. The van der Waals surface area contributed by atoms with Gasteiger partial charge in [0.2, 0.25) is 0 Å². The average Bonchev–Trinajstić information content (AvgIpc) is 2.98. The minimum atomic E-state index is -3.00. The summed E-state index contributed by atoms with van der Waals surface area (Å²) in [7, 11) is 1.34. The Morgan fingerprint density at radius 2 is 2.00 bits per heavy atom. The fourth-order valence-corrected chi connectivity index (χ4v) is 2.27. The fraction of sp³-hybridized carbons (Fsp3) is 0.125. The smallest absolute Gasteiger partial charge is 0.387 e. The van der Waals surface area contributed by atoms with Crippen LogP contribution in [0.3, 0.4) is 0 Å². The Labute approximate surface area is 135 Å². The molecule has 6 nitrogen and oxygen atoms in total. The van der Waals surface area contributed by atoms with E-state index in [9.17, 15) is 13.6 Å². The summed E-state index contributed by atoms with van der Waals surface area (Å²) in [5, 5.41) is 10.00. The number of methoxy groups -OCH3 is 1. The first kappa shape index (κ1) is 15.7. The Hall–Kier alpha value is -3.16. The third-order valence-electron chi connectivity index (χ3n) is 3.32. The topological polar surface area (TPSA) is 76.2 Å². The Balaban J connectivity index is 1.86. The molecular weight excluding hydrogens is 320 g/mol. The van der Waals surface area contributed by atoms with Gasteiger partial charge >= 0.3 is 6.61 Å². The highest BCUT2D eigenvalue weighted by Crippen LogP contribution is 2.31. The molecule has 2 N–H and O–H groups in total. The summed E-state index contributed by atoms with van der Waals surface area (Å²) in [6, 6.07) is 11.4. The maximum Gasteiger partial charge on any atom is 0.387 e. The van der Waals surface area contributed by atoms with Crippen LogP contribution in [-0.4, -0.2) is 29.8 Å². The van der Waals surface area contributed by atoms with E-state index < -0.39 is 12.5 Å². The second-order valence-electron chi connectivity index (χ2n) is 4.82. The van der Waals surface area contributed by atoms with Crippen molar-refractivity contribution in [1.29, 1.82) is 0 Å². The maximum absolute atomic E-state index is 12.4. The van der Waals surface area contributed by atoms with Gasteiger partial charge in [-0.2, -0.15) is 13.9 Å². The highest BCUT2D eigenvalue weighted by atomic mass is 19.3. The number of aromatic nitrogens is 2. The zero-order valence-corrected chi connectivity index (χ0v) is 12.5. The van der Waals surface area contributed by atoms with Crippen LogP contribution in [-0.2, 0) is 0 Å². The van der Waals surface area contributed by atoms with Gasteiger partial charge in [0.1, 0.15) is 0 Å². The molecule has 3 rings (SSSR count). The van der Waals surface area contributed by atoms with Crippen molar-refractivity contribution >= 4 is 22.5 Å². The molecule has 0 atom stereocenters. The number of para-hydroxylation sites is 1. The molecule has 3 aromatic rings. The quantitative estimate of drug-likeness (QED) is 0.750. The molecule has 0 fully saturated rings. The van der Waals surface area contributed by atoms with E-state index in [4.69, 9.17) is 4.74 Å². The standard InChI is InChI=1S/C16H13F2N3O3/c1-23-12-7-6-9(8-13(12)24-16(17)18)19-15(22)14-10-4-2-3-5-11(10)20-21-14/h2-8,16H,1H3,(H,19,22)(H,20,21). The largest absolute Gasteiger partial charge is 0.493 e. The first-order valence-electron chi connectivity index (χ1n) is 6.96. The predicted molar refractivity (Wildman–Crippen MR) is 83.7 cm³/mol. The van der Waals surface area contributed by atoms with E-state index in [-0.39, 0.29) is 22.9 Å². The van der Waals surface area contributed by atoms with E-state index in [2.05, 4.69) is 20.3 Å². The molecule has 0 saturated carbocycles. The van der Waals surface area contributed by atoms with Gasteiger partial charge in [-0.25, -0.2) is 0 Å². The van der Waals surface area contributed by atoms with E-state index in [1.807, 2.05) is 6.07 Å². The van der Waals surface area contributed by atoms with Crippen molar-refractivity contribution in [2.45, 2.75) is 6.61 Å². The number of benzene rings is 2. The Morgan fingerprint density at radius 1 is 1.21 bits per heavy atom. The van der Waals surface area contributed by atoms with E-state index in [0.717, 1.165) is 5.52 Å². The summed E-state index contributed by atoms with van der Waals surface area (Å²) >= 11 is 0. The first-order chi connectivity index (χ1) is 11.6. The summed E-state index contributed by atoms with van der Waals surface area (Å²) < 4.78 is 34.2. The summed E-state index contributed by atoms with van der Waals surface area (Å²) in [6.45, 7) is -3.00. The molecule has 1 aromatic heterocycles. The Bertz CT molecular complexity index is 880. The highest BCUT2D eigenvalue weighted by molar-refractivity contribution is 6.11. The van der Waals surface area contributed by atoms with Gasteiger partial charge in [0, 0.05) is 17.1 Å². The molecule has 0 spiro atoms. The predicted octanol–water partition coefficient (Wildman–Crippen LogP) is 3.43. The summed E-state index contributed by atoms with van der Waals surface area (Å²) in [4.78, 5) is 12.4. The molecule has 0 saturated heterocycles. The van der Waals surface area contributed by atoms with Crippen LogP contribution in [0.25, 0.3) is 10.9 Å². The van der Waals surface area contributed by atoms with Crippen LogP contribution in [0.15, 0.2) is 42.5 Å². The van der Waals surface area contributed by atoms with E-state index >= 15 is 0 Å². The molecule has 0 radical (unpaired) electrons. The second kappa shape index (κ2) is 6.53. The van der Waals surface area contributed by atoms with Gasteiger partial charge in [0.05, 0.1) is 12.6 Å². The van der Waals surface area contributed by atoms with Crippen LogP contribution in [0.5, 0.6) is 11.5 Å². The fourth-order valence-electron chi connectivity index (χ4n) is 2.27. The summed E-state index contributed by atoms with van der Waals surface area (Å²) in [5.41, 5.74) is 1.21. The lowest BCUT2D eigenvalue weighted by atomic mass is 10.2. The van der Waals surface area contributed by atoms with Crippen LogP contribution in [0.2, 0.25) is 0 Å². The monoisotopic (exact) mass is 333 g/mol. The molecule has 24 heavy (non-hydrogen) atoms. The van der Waals surface area contributed by atoms with Crippen molar-refractivity contribution < 1.29 is 23.0 Å². The molecule has 0 aliphatic heterocycles. The van der Waals surface area contributed by atoms with Gasteiger partial charge in [0.15, 0.2) is 17.2 Å². The minimum absolute atomic E-state index is 0.138. The number of rotatable bonds is 5. The third-order valence-corrected chi connectivity index (χ3v) is 3.32. The van der Waals surface area contributed by atoms with E-state index in [1.54, 1.807) is 18.2 Å². The molecule has 0 bridgehead atoms. The number of carbonyl (C=O) groups excluding carboxylic acids is 1. The lowest BCUT2D eigenvalue weighted by Gasteiger charge is -2.12. The van der Waals surface area contributed by atoms with Gasteiger partial charge in [0.25, 0.3) is 5.91 Å². The number of nitrogens with one attached hydrogen (secondary N) is 2. The molecule has 1 heterocycles. The number of aromatic amines is 1. The van der Waals surface area contributed by atoms with Crippen LogP contribution < -0.4 is 14.8 Å². The number of alkyl halides is 2. The number of H-pyrrole nitrogens is 1. The average molecular weight is 333 g/mol. The number of carbonyl (C=O) groups is 1. The molecule has 0 aliphatic carbocycles. The van der Waals surface area contributed by atoms with E-state index in [0.29, 0.717) is 5.39 Å².